The highest BCUT2D eigenvalue weighted by atomic mass is 35.5. The van der Waals surface area contributed by atoms with Gasteiger partial charge in [0.1, 0.15) is 5.15 Å². The lowest BCUT2D eigenvalue weighted by molar-refractivity contribution is 1.21. The van der Waals surface area contributed by atoms with Crippen LogP contribution in [0.3, 0.4) is 0 Å². The largest absolute Gasteiger partial charge is 0.236 e. The third kappa shape index (κ3) is 2.08. The first-order valence-corrected chi connectivity index (χ1v) is 6.10. The van der Waals surface area contributed by atoms with Crippen molar-refractivity contribution in [2.75, 3.05) is 0 Å². The number of allylic oxidation sites excluding steroid dienone is 1. The highest BCUT2D eigenvalue weighted by molar-refractivity contribution is 6.30. The third-order valence-corrected chi connectivity index (χ3v) is 3.31. The van der Waals surface area contributed by atoms with E-state index >= 15 is 0 Å². The summed E-state index contributed by atoms with van der Waals surface area (Å²) >= 11 is 11.9. The molecule has 0 bridgehead atoms. The molecule has 0 aliphatic heterocycles. The van der Waals surface area contributed by atoms with Crippen molar-refractivity contribution in [1.29, 1.82) is 0 Å². The maximum absolute atomic E-state index is 6.00. The van der Waals surface area contributed by atoms with Crippen LogP contribution < -0.4 is 0 Å². The van der Waals surface area contributed by atoms with E-state index in [4.69, 9.17) is 23.2 Å². The molecule has 1 aromatic heterocycles. The fourth-order valence-electron chi connectivity index (χ4n) is 2.05. The molecule has 1 nitrogen and oxygen atoms in total. The van der Waals surface area contributed by atoms with Crippen LogP contribution in [0.5, 0.6) is 0 Å². The average molecular weight is 262 g/mol. The van der Waals surface area contributed by atoms with Gasteiger partial charge in [-0.1, -0.05) is 41.4 Å². The molecular formula is C14H9Cl2N. The first-order valence-electron chi connectivity index (χ1n) is 5.34. The van der Waals surface area contributed by atoms with Crippen molar-refractivity contribution in [2.24, 2.45) is 0 Å². The number of fused-ring (bicyclic) bond motifs is 1. The number of aromatic nitrogens is 1. The molecule has 1 aliphatic carbocycles. The number of halogens is 2. The van der Waals surface area contributed by atoms with E-state index in [1.165, 1.54) is 11.1 Å². The topological polar surface area (TPSA) is 12.9 Å². The lowest BCUT2D eigenvalue weighted by Gasteiger charge is -2.02. The van der Waals surface area contributed by atoms with Gasteiger partial charge in [0, 0.05) is 11.4 Å². The van der Waals surface area contributed by atoms with Crippen LogP contribution in [0.4, 0.5) is 0 Å². The molecule has 0 amide bonds. The molecule has 0 spiro atoms. The predicted molar refractivity (Wildman–Crippen MR) is 72.3 cm³/mol. The first kappa shape index (κ1) is 10.8. The standard InChI is InChI=1S/C14H9Cl2N/c15-12-3-1-2-9(7-12)11-6-10-4-5-14(16)17-13(10)8-11/h1-5,7-8H,6H2. The Bertz CT molecular complexity index is 617. The van der Waals surface area contributed by atoms with Gasteiger partial charge in [-0.2, -0.15) is 0 Å². The summed E-state index contributed by atoms with van der Waals surface area (Å²) in [5.41, 5.74) is 4.56. The van der Waals surface area contributed by atoms with Crippen molar-refractivity contribution >= 4 is 34.9 Å². The highest BCUT2D eigenvalue weighted by Crippen LogP contribution is 2.32. The number of rotatable bonds is 1. The Morgan fingerprint density at radius 3 is 2.76 bits per heavy atom. The van der Waals surface area contributed by atoms with E-state index in [0.29, 0.717) is 5.15 Å². The van der Waals surface area contributed by atoms with Crippen LogP contribution in [0.2, 0.25) is 10.2 Å². The summed E-state index contributed by atoms with van der Waals surface area (Å²) in [6.45, 7) is 0. The van der Waals surface area contributed by atoms with Crippen molar-refractivity contribution in [3.63, 3.8) is 0 Å². The van der Waals surface area contributed by atoms with Crippen LogP contribution in [0, 0.1) is 0 Å². The Morgan fingerprint density at radius 1 is 1.06 bits per heavy atom. The molecule has 1 aliphatic rings. The minimum absolute atomic E-state index is 0.535. The highest BCUT2D eigenvalue weighted by Gasteiger charge is 2.15. The maximum atomic E-state index is 6.00. The molecule has 0 fully saturated rings. The van der Waals surface area contributed by atoms with Crippen molar-refractivity contribution in [3.8, 4) is 0 Å². The maximum Gasteiger partial charge on any atom is 0.129 e. The van der Waals surface area contributed by atoms with Crippen molar-refractivity contribution in [2.45, 2.75) is 6.42 Å². The molecule has 0 radical (unpaired) electrons. The number of nitrogens with zero attached hydrogens (tertiary/aromatic N) is 1. The van der Waals surface area contributed by atoms with Crippen LogP contribution >= 0.6 is 23.2 Å². The zero-order valence-corrected chi connectivity index (χ0v) is 10.5. The van der Waals surface area contributed by atoms with Gasteiger partial charge < -0.3 is 0 Å². The second-order valence-corrected chi connectivity index (χ2v) is 4.86. The molecule has 2 aromatic rings. The second kappa shape index (κ2) is 4.17. The molecule has 3 heteroatoms. The Balaban J connectivity index is 2.02. The molecule has 0 unspecified atom stereocenters. The van der Waals surface area contributed by atoms with E-state index in [2.05, 4.69) is 17.1 Å². The Labute approximate surface area is 110 Å². The van der Waals surface area contributed by atoms with Crippen LogP contribution in [-0.2, 0) is 6.42 Å². The number of hydrogen-bond donors (Lipinski definition) is 0. The Kier molecular flexibility index (Phi) is 2.65. The second-order valence-electron chi connectivity index (χ2n) is 4.04. The summed E-state index contributed by atoms with van der Waals surface area (Å²) in [4.78, 5) is 4.31. The normalized spacial score (nSPS) is 13.4. The number of benzene rings is 1. The van der Waals surface area contributed by atoms with Crippen molar-refractivity contribution in [1.82, 2.24) is 4.98 Å². The molecule has 1 heterocycles. The molecule has 0 atom stereocenters. The number of hydrogen-bond acceptors (Lipinski definition) is 1. The first-order chi connectivity index (χ1) is 8.22. The molecule has 1 aromatic carbocycles. The van der Waals surface area contributed by atoms with Crippen LogP contribution in [0.15, 0.2) is 36.4 Å². The van der Waals surface area contributed by atoms with Gasteiger partial charge in [0.25, 0.3) is 0 Å². The smallest absolute Gasteiger partial charge is 0.129 e. The van der Waals surface area contributed by atoms with Gasteiger partial charge in [-0.05, 0) is 41.0 Å². The summed E-state index contributed by atoms with van der Waals surface area (Å²) < 4.78 is 0. The van der Waals surface area contributed by atoms with Gasteiger partial charge >= 0.3 is 0 Å². The summed E-state index contributed by atoms with van der Waals surface area (Å²) in [6.07, 6.45) is 2.96. The lowest BCUT2D eigenvalue weighted by Crippen LogP contribution is -1.87. The minimum atomic E-state index is 0.535. The van der Waals surface area contributed by atoms with Gasteiger partial charge in [0.15, 0.2) is 0 Å². The fourth-order valence-corrected chi connectivity index (χ4v) is 2.39. The van der Waals surface area contributed by atoms with Gasteiger partial charge in [0.2, 0.25) is 0 Å². The zero-order chi connectivity index (χ0) is 11.8. The Hall–Kier alpha value is -1.31. The third-order valence-electron chi connectivity index (χ3n) is 2.87. The molecule has 17 heavy (non-hydrogen) atoms. The molecule has 0 N–H and O–H groups in total. The Morgan fingerprint density at radius 2 is 1.94 bits per heavy atom. The van der Waals surface area contributed by atoms with E-state index in [1.807, 2.05) is 30.3 Å². The SMILES string of the molecule is Clc1cccc(C2=Cc3nc(Cl)ccc3C2)c1. The van der Waals surface area contributed by atoms with Crippen molar-refractivity contribution < 1.29 is 0 Å². The minimum Gasteiger partial charge on any atom is -0.236 e. The van der Waals surface area contributed by atoms with E-state index in [0.717, 1.165) is 22.7 Å². The molecule has 84 valence electrons. The monoisotopic (exact) mass is 261 g/mol. The van der Waals surface area contributed by atoms with E-state index in [9.17, 15) is 0 Å². The van der Waals surface area contributed by atoms with Crippen LogP contribution in [0.1, 0.15) is 16.8 Å². The predicted octanol–water partition coefficient (Wildman–Crippen LogP) is 4.49. The van der Waals surface area contributed by atoms with Crippen LogP contribution in [0.25, 0.3) is 11.6 Å². The summed E-state index contributed by atoms with van der Waals surface area (Å²) in [6, 6.07) is 11.7. The summed E-state index contributed by atoms with van der Waals surface area (Å²) in [7, 11) is 0. The van der Waals surface area contributed by atoms with E-state index < -0.39 is 0 Å². The van der Waals surface area contributed by atoms with Gasteiger partial charge in [-0.25, -0.2) is 4.98 Å². The molecule has 3 rings (SSSR count). The molecular weight excluding hydrogens is 253 g/mol. The average Bonchev–Trinajstić information content (AvgIpc) is 2.72. The van der Waals surface area contributed by atoms with Crippen LogP contribution in [-0.4, -0.2) is 4.98 Å². The molecule has 0 saturated carbocycles. The zero-order valence-electron chi connectivity index (χ0n) is 8.95. The summed E-state index contributed by atoms with van der Waals surface area (Å²) in [5.74, 6) is 0. The number of pyridine rings is 1. The van der Waals surface area contributed by atoms with Crippen molar-refractivity contribution in [3.05, 3.63) is 63.4 Å². The lowest BCUT2D eigenvalue weighted by atomic mass is 10.0. The fraction of sp³-hybridized carbons (Fsp3) is 0.0714. The van der Waals surface area contributed by atoms with Gasteiger partial charge in [-0.3, -0.25) is 0 Å². The van der Waals surface area contributed by atoms with Gasteiger partial charge in [0.05, 0.1) is 5.69 Å². The molecule has 0 saturated heterocycles. The van der Waals surface area contributed by atoms with Gasteiger partial charge in [-0.15, -0.1) is 0 Å². The quantitative estimate of drug-likeness (QED) is 0.690. The summed E-state index contributed by atoms with van der Waals surface area (Å²) in [5, 5.41) is 1.29. The van der Waals surface area contributed by atoms with E-state index in [-0.39, 0.29) is 0 Å². The van der Waals surface area contributed by atoms with E-state index in [1.54, 1.807) is 0 Å².